The van der Waals surface area contributed by atoms with Gasteiger partial charge in [-0.3, -0.25) is 0 Å². The van der Waals surface area contributed by atoms with Gasteiger partial charge >= 0.3 is 0 Å². The van der Waals surface area contributed by atoms with E-state index in [4.69, 9.17) is 0 Å². The maximum Gasteiger partial charge on any atom is 0.0181 e. The molecule has 1 N–H and O–H groups in total. The van der Waals surface area contributed by atoms with Gasteiger partial charge in [0.2, 0.25) is 0 Å². The van der Waals surface area contributed by atoms with Crippen LogP contribution >= 0.6 is 11.8 Å². The summed E-state index contributed by atoms with van der Waals surface area (Å²) in [5, 5.41) is 6.03. The molecule has 0 radical (unpaired) electrons. The summed E-state index contributed by atoms with van der Waals surface area (Å²) in [5.41, 5.74) is 0. The van der Waals surface area contributed by atoms with Gasteiger partial charge in [-0.15, -0.1) is 11.8 Å². The van der Waals surface area contributed by atoms with Crippen molar-refractivity contribution in [3.05, 3.63) is 42.5 Å². The highest BCUT2D eigenvalue weighted by atomic mass is 32.2. The fraction of sp³-hybridized carbons (Fsp3) is 0.375. The van der Waals surface area contributed by atoms with Crippen molar-refractivity contribution in [2.24, 2.45) is 5.92 Å². The number of thioether (sulfide) groups is 1. The Labute approximate surface area is 114 Å². The molecule has 1 nitrogen and oxygen atoms in total. The van der Waals surface area contributed by atoms with E-state index in [1.54, 1.807) is 0 Å². The molecule has 96 valence electrons. The molecule has 1 unspecified atom stereocenters. The Kier molecular flexibility index (Phi) is 4.67. The number of benzene rings is 2. The Morgan fingerprint density at radius 1 is 1.06 bits per heavy atom. The molecular weight excluding hydrogens is 238 g/mol. The van der Waals surface area contributed by atoms with E-state index >= 15 is 0 Å². The molecule has 2 heteroatoms. The van der Waals surface area contributed by atoms with Gasteiger partial charge in [-0.2, -0.15) is 0 Å². The van der Waals surface area contributed by atoms with Crippen molar-refractivity contribution >= 4 is 22.5 Å². The molecule has 2 aromatic rings. The summed E-state index contributed by atoms with van der Waals surface area (Å²) in [5.74, 6) is 1.79. The second-order valence-electron chi connectivity index (χ2n) is 4.96. The van der Waals surface area contributed by atoms with Crippen molar-refractivity contribution in [2.75, 3.05) is 12.8 Å². The molecule has 0 spiro atoms. The van der Waals surface area contributed by atoms with E-state index in [1.807, 2.05) is 18.8 Å². The largest absolute Gasteiger partial charge is 0.316 e. The predicted octanol–water partition coefficient (Wildman–Crippen LogP) is 4.18. The van der Waals surface area contributed by atoms with Gasteiger partial charge in [0.1, 0.15) is 0 Å². The average molecular weight is 259 g/mol. The lowest BCUT2D eigenvalue weighted by Gasteiger charge is -2.19. The first-order valence-electron chi connectivity index (χ1n) is 6.49. The van der Waals surface area contributed by atoms with E-state index in [9.17, 15) is 0 Å². The molecule has 0 fully saturated rings. The van der Waals surface area contributed by atoms with Crippen LogP contribution in [0.15, 0.2) is 47.4 Å². The summed E-state index contributed by atoms with van der Waals surface area (Å²) < 4.78 is 0. The van der Waals surface area contributed by atoms with Crippen LogP contribution in [0.4, 0.5) is 0 Å². The van der Waals surface area contributed by atoms with Gasteiger partial charge in [-0.1, -0.05) is 44.2 Å². The molecule has 0 aliphatic carbocycles. The van der Waals surface area contributed by atoms with Gasteiger partial charge in [-0.25, -0.2) is 0 Å². The summed E-state index contributed by atoms with van der Waals surface area (Å²) in [6.07, 6.45) is 0. The summed E-state index contributed by atoms with van der Waals surface area (Å²) in [6.45, 7) is 4.53. The Bertz CT molecular complexity index is 507. The maximum atomic E-state index is 3.39. The first kappa shape index (κ1) is 13.4. The van der Waals surface area contributed by atoms with Crippen LogP contribution in [-0.2, 0) is 0 Å². The van der Waals surface area contributed by atoms with Gasteiger partial charge < -0.3 is 5.32 Å². The van der Waals surface area contributed by atoms with E-state index in [0.29, 0.717) is 12.0 Å². The zero-order chi connectivity index (χ0) is 13.0. The fourth-order valence-electron chi connectivity index (χ4n) is 2.05. The van der Waals surface area contributed by atoms with Crippen LogP contribution in [0.2, 0.25) is 0 Å². The van der Waals surface area contributed by atoms with E-state index < -0.39 is 0 Å². The molecule has 0 aromatic heterocycles. The smallest absolute Gasteiger partial charge is 0.0181 e. The minimum atomic E-state index is 0.571. The summed E-state index contributed by atoms with van der Waals surface area (Å²) in [6, 6.07) is 15.8. The van der Waals surface area contributed by atoms with E-state index in [-0.39, 0.29) is 0 Å². The lowest BCUT2D eigenvalue weighted by molar-refractivity contribution is 0.465. The van der Waals surface area contributed by atoms with E-state index in [2.05, 4.69) is 61.6 Å². The second kappa shape index (κ2) is 6.26. The zero-order valence-electron chi connectivity index (χ0n) is 11.3. The minimum Gasteiger partial charge on any atom is -0.316 e. The van der Waals surface area contributed by atoms with E-state index in [1.165, 1.54) is 15.7 Å². The quantitative estimate of drug-likeness (QED) is 0.809. The lowest BCUT2D eigenvalue weighted by Crippen LogP contribution is -2.32. The summed E-state index contributed by atoms with van der Waals surface area (Å²) in [7, 11) is 2.05. The van der Waals surface area contributed by atoms with Gasteiger partial charge in [0.15, 0.2) is 0 Å². The Morgan fingerprint density at radius 3 is 2.44 bits per heavy atom. The zero-order valence-corrected chi connectivity index (χ0v) is 12.1. The third kappa shape index (κ3) is 3.27. The van der Waals surface area contributed by atoms with Gasteiger partial charge in [0, 0.05) is 16.7 Å². The highest BCUT2D eigenvalue weighted by Gasteiger charge is 2.10. The lowest BCUT2D eigenvalue weighted by atomic mass is 10.1. The Hall–Kier alpha value is -0.990. The SMILES string of the molecule is CNC(CSc1ccc2ccccc2c1)C(C)C. The van der Waals surface area contributed by atoms with Crippen LogP contribution in [0.1, 0.15) is 13.8 Å². The number of hydrogen-bond donors (Lipinski definition) is 1. The van der Waals surface area contributed by atoms with Crippen LogP contribution in [-0.4, -0.2) is 18.8 Å². The van der Waals surface area contributed by atoms with Gasteiger partial charge in [0.25, 0.3) is 0 Å². The molecule has 0 amide bonds. The number of hydrogen-bond acceptors (Lipinski definition) is 2. The molecule has 0 bridgehead atoms. The van der Waals surface area contributed by atoms with Crippen molar-refractivity contribution in [1.82, 2.24) is 5.32 Å². The number of rotatable bonds is 5. The van der Waals surface area contributed by atoms with Gasteiger partial charge in [0.05, 0.1) is 0 Å². The first-order chi connectivity index (χ1) is 8.70. The van der Waals surface area contributed by atoms with Crippen molar-refractivity contribution in [3.63, 3.8) is 0 Å². The summed E-state index contributed by atoms with van der Waals surface area (Å²) >= 11 is 1.93. The normalized spacial score (nSPS) is 13.1. The third-order valence-corrected chi connectivity index (χ3v) is 4.44. The predicted molar refractivity (Wildman–Crippen MR) is 82.4 cm³/mol. The monoisotopic (exact) mass is 259 g/mol. The van der Waals surface area contributed by atoms with Crippen molar-refractivity contribution in [3.8, 4) is 0 Å². The molecule has 2 rings (SSSR count). The van der Waals surface area contributed by atoms with E-state index in [0.717, 1.165) is 5.75 Å². The fourth-order valence-corrected chi connectivity index (χ4v) is 3.35. The van der Waals surface area contributed by atoms with Crippen molar-refractivity contribution in [1.29, 1.82) is 0 Å². The van der Waals surface area contributed by atoms with Crippen LogP contribution < -0.4 is 5.32 Å². The molecule has 1 atom stereocenters. The molecule has 0 heterocycles. The standard InChI is InChI=1S/C16H21NS/c1-12(2)16(17-3)11-18-15-9-8-13-6-4-5-7-14(13)10-15/h4-10,12,16-17H,11H2,1-3H3. The minimum absolute atomic E-state index is 0.571. The first-order valence-corrected chi connectivity index (χ1v) is 7.48. The van der Waals surface area contributed by atoms with Crippen LogP contribution in [0, 0.1) is 5.92 Å². The number of nitrogens with one attached hydrogen (secondary N) is 1. The van der Waals surface area contributed by atoms with Crippen LogP contribution in [0.3, 0.4) is 0 Å². The summed E-state index contributed by atoms with van der Waals surface area (Å²) in [4.78, 5) is 1.36. The Morgan fingerprint density at radius 2 is 1.78 bits per heavy atom. The molecule has 0 saturated heterocycles. The van der Waals surface area contributed by atoms with Gasteiger partial charge in [-0.05, 0) is 35.9 Å². The molecule has 0 aliphatic heterocycles. The van der Waals surface area contributed by atoms with Crippen molar-refractivity contribution < 1.29 is 0 Å². The van der Waals surface area contributed by atoms with Crippen molar-refractivity contribution in [2.45, 2.75) is 24.8 Å². The molecular formula is C16H21NS. The average Bonchev–Trinajstić information content (AvgIpc) is 2.39. The molecule has 0 aliphatic rings. The molecule has 2 aromatic carbocycles. The van der Waals surface area contributed by atoms with Crippen LogP contribution in [0.5, 0.6) is 0 Å². The number of fused-ring (bicyclic) bond motifs is 1. The highest BCUT2D eigenvalue weighted by molar-refractivity contribution is 7.99. The second-order valence-corrected chi connectivity index (χ2v) is 6.05. The molecule has 0 saturated carbocycles. The maximum absolute atomic E-state index is 3.39. The third-order valence-electron chi connectivity index (χ3n) is 3.33. The molecule has 18 heavy (non-hydrogen) atoms. The highest BCUT2D eigenvalue weighted by Crippen LogP contribution is 2.25. The van der Waals surface area contributed by atoms with Crippen LogP contribution in [0.25, 0.3) is 10.8 Å². The topological polar surface area (TPSA) is 12.0 Å². The Balaban J connectivity index is 2.07.